The van der Waals surface area contributed by atoms with Gasteiger partial charge in [-0.3, -0.25) is 0 Å². The number of carboxylic acids is 1. The predicted molar refractivity (Wildman–Crippen MR) is 66.6 cm³/mol. The Kier molecular flexibility index (Phi) is 5.74. The van der Waals surface area contributed by atoms with Crippen molar-refractivity contribution in [2.45, 2.75) is 6.92 Å². The van der Waals surface area contributed by atoms with Crippen LogP contribution in [-0.2, 0) is 9.53 Å². The van der Waals surface area contributed by atoms with Crippen molar-refractivity contribution in [1.82, 2.24) is 5.32 Å². The number of aliphatic carboxylic acids is 1. The first-order valence-electron chi connectivity index (χ1n) is 5.59. The van der Waals surface area contributed by atoms with Gasteiger partial charge in [-0.15, -0.1) is 0 Å². The molecule has 0 unspecified atom stereocenters. The number of hydrogen-bond donors (Lipinski definition) is 3. The molecule has 1 aromatic carbocycles. The molecule has 0 bridgehead atoms. The Morgan fingerprint density at radius 1 is 1.42 bits per heavy atom. The third kappa shape index (κ3) is 5.82. The fourth-order valence-corrected chi connectivity index (χ4v) is 1.29. The second-order valence-electron chi connectivity index (χ2n) is 3.79. The summed E-state index contributed by atoms with van der Waals surface area (Å²) in [6.45, 7) is 1.47. The molecule has 1 aromatic rings. The third-order valence-corrected chi connectivity index (χ3v) is 2.17. The molecule has 0 aliphatic heterocycles. The van der Waals surface area contributed by atoms with Crippen LogP contribution < -0.4 is 10.6 Å². The van der Waals surface area contributed by atoms with E-state index in [0.29, 0.717) is 11.3 Å². The van der Waals surface area contributed by atoms with Crippen LogP contribution in [0.3, 0.4) is 0 Å². The molecule has 6 nitrogen and oxygen atoms in total. The minimum atomic E-state index is -1.06. The van der Waals surface area contributed by atoms with Crippen LogP contribution in [0.5, 0.6) is 0 Å². The molecule has 0 atom stereocenters. The van der Waals surface area contributed by atoms with Crippen molar-refractivity contribution < 1.29 is 23.8 Å². The maximum atomic E-state index is 13.0. The van der Waals surface area contributed by atoms with Gasteiger partial charge in [0.15, 0.2) is 0 Å². The molecule has 0 spiro atoms. The number of carbonyl (C=O) groups is 2. The van der Waals surface area contributed by atoms with E-state index < -0.39 is 18.6 Å². The zero-order valence-corrected chi connectivity index (χ0v) is 10.4. The van der Waals surface area contributed by atoms with Crippen LogP contribution in [0, 0.1) is 12.7 Å². The number of nitrogens with one attached hydrogen (secondary N) is 2. The van der Waals surface area contributed by atoms with Crippen molar-refractivity contribution in [3.63, 3.8) is 0 Å². The van der Waals surface area contributed by atoms with Gasteiger partial charge in [0, 0.05) is 12.2 Å². The molecule has 2 amide bonds. The lowest BCUT2D eigenvalue weighted by atomic mass is 10.2. The van der Waals surface area contributed by atoms with E-state index >= 15 is 0 Å². The molecule has 3 N–H and O–H groups in total. The normalized spacial score (nSPS) is 10.0. The number of carboxylic acid groups (broad SMARTS) is 1. The molecular formula is C12H15FN2O4. The van der Waals surface area contributed by atoms with Crippen LogP contribution in [0.1, 0.15) is 5.56 Å². The molecule has 1 rings (SSSR count). The summed E-state index contributed by atoms with van der Waals surface area (Å²) in [5.41, 5.74) is 0.908. The van der Waals surface area contributed by atoms with Gasteiger partial charge in [0.25, 0.3) is 0 Å². The highest BCUT2D eigenvalue weighted by Gasteiger charge is 2.03. The van der Waals surface area contributed by atoms with Crippen molar-refractivity contribution >= 4 is 17.7 Å². The lowest BCUT2D eigenvalue weighted by Gasteiger charge is -2.08. The first-order valence-corrected chi connectivity index (χ1v) is 5.59. The number of hydrogen-bond acceptors (Lipinski definition) is 3. The molecule has 0 aromatic heterocycles. The van der Waals surface area contributed by atoms with Gasteiger partial charge in [0.2, 0.25) is 0 Å². The molecule has 0 fully saturated rings. The number of carbonyl (C=O) groups excluding carboxylic acids is 1. The van der Waals surface area contributed by atoms with E-state index in [1.54, 1.807) is 6.92 Å². The summed E-state index contributed by atoms with van der Waals surface area (Å²) >= 11 is 0. The minimum Gasteiger partial charge on any atom is -0.480 e. The van der Waals surface area contributed by atoms with Crippen molar-refractivity contribution in [3.05, 3.63) is 29.6 Å². The molecule has 104 valence electrons. The van der Waals surface area contributed by atoms with Gasteiger partial charge in [-0.2, -0.15) is 0 Å². The monoisotopic (exact) mass is 270 g/mol. The van der Waals surface area contributed by atoms with Crippen LogP contribution in [0.25, 0.3) is 0 Å². The highest BCUT2D eigenvalue weighted by Crippen LogP contribution is 2.13. The maximum absolute atomic E-state index is 13.0. The van der Waals surface area contributed by atoms with Crippen molar-refractivity contribution in [2.24, 2.45) is 0 Å². The van der Waals surface area contributed by atoms with E-state index in [1.165, 1.54) is 18.2 Å². The van der Waals surface area contributed by atoms with Crippen molar-refractivity contribution in [2.75, 3.05) is 25.1 Å². The molecule has 19 heavy (non-hydrogen) atoms. The predicted octanol–water partition coefficient (Wildman–Crippen LogP) is 1.36. The average Bonchev–Trinajstić information content (AvgIpc) is 2.33. The Morgan fingerprint density at radius 2 is 2.16 bits per heavy atom. The topological polar surface area (TPSA) is 87.7 Å². The lowest BCUT2D eigenvalue weighted by Crippen LogP contribution is -2.32. The zero-order valence-electron chi connectivity index (χ0n) is 10.4. The van der Waals surface area contributed by atoms with Gasteiger partial charge in [0.1, 0.15) is 12.4 Å². The van der Waals surface area contributed by atoms with Gasteiger partial charge < -0.3 is 20.5 Å². The Hall–Kier alpha value is -2.15. The second-order valence-corrected chi connectivity index (χ2v) is 3.79. The van der Waals surface area contributed by atoms with Crippen LogP contribution in [0.4, 0.5) is 14.9 Å². The molecule has 0 heterocycles. The zero-order chi connectivity index (χ0) is 14.3. The van der Waals surface area contributed by atoms with Crippen LogP contribution in [0.15, 0.2) is 18.2 Å². The highest BCUT2D eigenvalue weighted by molar-refractivity contribution is 5.89. The van der Waals surface area contributed by atoms with Crippen LogP contribution in [0.2, 0.25) is 0 Å². The number of amides is 2. The molecule has 0 radical (unpaired) electrons. The summed E-state index contributed by atoms with van der Waals surface area (Å²) in [6.07, 6.45) is 0. The standard InChI is InChI=1S/C12H15FN2O4/c1-8-6-9(2-3-10(8)13)15-12(18)14-4-5-19-7-11(16)17/h2-3,6H,4-5,7H2,1H3,(H,16,17)(H2,14,15,18). The highest BCUT2D eigenvalue weighted by atomic mass is 19.1. The number of ether oxygens (including phenoxy) is 1. The van der Waals surface area contributed by atoms with Gasteiger partial charge in [0.05, 0.1) is 6.61 Å². The Labute approximate surface area is 109 Å². The summed E-state index contributed by atoms with van der Waals surface area (Å²) in [7, 11) is 0. The lowest BCUT2D eigenvalue weighted by molar-refractivity contribution is -0.142. The van der Waals surface area contributed by atoms with Crippen LogP contribution in [-0.4, -0.2) is 36.9 Å². The summed E-state index contributed by atoms with van der Waals surface area (Å²) in [4.78, 5) is 21.6. The van der Waals surface area contributed by atoms with E-state index in [-0.39, 0.29) is 19.0 Å². The van der Waals surface area contributed by atoms with Gasteiger partial charge in [-0.05, 0) is 30.7 Å². The smallest absolute Gasteiger partial charge is 0.329 e. The summed E-state index contributed by atoms with van der Waals surface area (Å²) in [5.74, 6) is -1.40. The molecule has 0 saturated carbocycles. The van der Waals surface area contributed by atoms with Crippen LogP contribution >= 0.6 is 0 Å². The first-order chi connectivity index (χ1) is 8.99. The maximum Gasteiger partial charge on any atom is 0.329 e. The number of anilines is 1. The van der Waals surface area contributed by atoms with Crippen molar-refractivity contribution in [3.8, 4) is 0 Å². The number of aryl methyl sites for hydroxylation is 1. The molecular weight excluding hydrogens is 255 g/mol. The summed E-state index contributed by atoms with van der Waals surface area (Å²) in [5, 5.41) is 13.3. The van der Waals surface area contributed by atoms with E-state index in [0.717, 1.165) is 0 Å². The summed E-state index contributed by atoms with van der Waals surface area (Å²) < 4.78 is 17.7. The largest absolute Gasteiger partial charge is 0.480 e. The number of urea groups is 1. The first kappa shape index (κ1) is 14.9. The quantitative estimate of drug-likeness (QED) is 0.681. The van der Waals surface area contributed by atoms with E-state index in [4.69, 9.17) is 9.84 Å². The van der Waals surface area contributed by atoms with E-state index in [1.807, 2.05) is 0 Å². The van der Waals surface area contributed by atoms with E-state index in [9.17, 15) is 14.0 Å². The number of halogens is 1. The van der Waals surface area contributed by atoms with Gasteiger partial charge in [-0.25, -0.2) is 14.0 Å². The molecule has 0 aliphatic carbocycles. The minimum absolute atomic E-state index is 0.0994. The van der Waals surface area contributed by atoms with E-state index in [2.05, 4.69) is 10.6 Å². The van der Waals surface area contributed by atoms with Gasteiger partial charge in [-0.1, -0.05) is 0 Å². The summed E-state index contributed by atoms with van der Waals surface area (Å²) in [6, 6.07) is 3.75. The molecule has 7 heteroatoms. The van der Waals surface area contributed by atoms with Gasteiger partial charge >= 0.3 is 12.0 Å². The Morgan fingerprint density at radius 3 is 2.79 bits per heavy atom. The number of benzene rings is 1. The fraction of sp³-hybridized carbons (Fsp3) is 0.333. The fourth-order valence-electron chi connectivity index (χ4n) is 1.29. The second kappa shape index (κ2) is 7.32. The Bertz CT molecular complexity index is 465. The molecule has 0 aliphatic rings. The molecule has 0 saturated heterocycles. The third-order valence-electron chi connectivity index (χ3n) is 2.17. The SMILES string of the molecule is Cc1cc(NC(=O)NCCOCC(=O)O)ccc1F. The Balaban J connectivity index is 2.27. The number of rotatable bonds is 6. The van der Waals surface area contributed by atoms with Crippen molar-refractivity contribution in [1.29, 1.82) is 0 Å². The average molecular weight is 270 g/mol.